The molecule has 1 aromatic carbocycles. The summed E-state index contributed by atoms with van der Waals surface area (Å²) >= 11 is 0. The molecule has 2 aliphatic heterocycles. The molecule has 4 nitrogen and oxygen atoms in total. The van der Waals surface area contributed by atoms with Crippen molar-refractivity contribution in [2.75, 3.05) is 19.7 Å². The minimum absolute atomic E-state index is 0.00486. The van der Waals surface area contributed by atoms with Crippen LogP contribution in [-0.4, -0.2) is 36.5 Å². The van der Waals surface area contributed by atoms with Crippen molar-refractivity contribution in [1.29, 1.82) is 0 Å². The van der Waals surface area contributed by atoms with E-state index < -0.39 is 0 Å². The molecule has 4 fully saturated rings. The monoisotopic (exact) mass is 365 g/mol. The second-order valence-corrected chi connectivity index (χ2v) is 10.1. The van der Waals surface area contributed by atoms with Gasteiger partial charge in [0.15, 0.2) is 0 Å². The number of hydrogen-bond donors (Lipinski definition) is 0. The number of amides is 1. The molecule has 0 atom stereocenters. The van der Waals surface area contributed by atoms with E-state index in [4.69, 9.17) is 4.74 Å². The number of rotatable bonds is 2. The van der Waals surface area contributed by atoms with Gasteiger partial charge in [0.1, 0.15) is 0 Å². The van der Waals surface area contributed by atoms with Crippen LogP contribution >= 0.6 is 0 Å². The van der Waals surface area contributed by atoms with Gasteiger partial charge in [-0.25, -0.2) is 0 Å². The van der Waals surface area contributed by atoms with E-state index in [-0.39, 0.29) is 17.3 Å². The van der Waals surface area contributed by atoms with E-state index >= 15 is 0 Å². The summed E-state index contributed by atoms with van der Waals surface area (Å²) in [7, 11) is 0. The summed E-state index contributed by atoms with van der Waals surface area (Å²) in [6.07, 6.45) is 8.51. The van der Waals surface area contributed by atoms with Crippen LogP contribution in [0.15, 0.2) is 18.2 Å². The molecule has 142 valence electrons. The first-order valence-corrected chi connectivity index (χ1v) is 10.6. The Labute approximate surface area is 160 Å². The van der Waals surface area contributed by atoms with Crippen LogP contribution in [0.3, 0.4) is 0 Å². The predicted octanol–water partition coefficient (Wildman–Crippen LogP) is 3.22. The normalized spacial score (nSPS) is 27.9. The lowest BCUT2D eigenvalue weighted by Crippen LogP contribution is -2.65. The molecular weight excluding hydrogens is 338 g/mol. The lowest BCUT2D eigenvalue weighted by molar-refractivity contribution is -0.163. The minimum Gasteiger partial charge on any atom is -0.465 e. The van der Waals surface area contributed by atoms with Gasteiger partial charge in [0.2, 0.25) is 5.91 Å². The SMILES string of the molecule is O=C1CC2(CO1)CC(C(=O)N1CC3(CC(c4ccc5c(c4)CCC5)C3)C1)C2. The van der Waals surface area contributed by atoms with Gasteiger partial charge in [0, 0.05) is 29.8 Å². The molecule has 5 aliphatic rings. The van der Waals surface area contributed by atoms with Crippen LogP contribution in [0.25, 0.3) is 0 Å². The number of carbonyl (C=O) groups excluding carboxylic acids is 2. The summed E-state index contributed by atoms with van der Waals surface area (Å²) in [5, 5.41) is 0. The zero-order valence-electron chi connectivity index (χ0n) is 15.8. The number of fused-ring (bicyclic) bond motifs is 1. The van der Waals surface area contributed by atoms with Crippen molar-refractivity contribution >= 4 is 11.9 Å². The molecule has 2 saturated carbocycles. The Balaban J connectivity index is 1.02. The van der Waals surface area contributed by atoms with Gasteiger partial charge in [-0.1, -0.05) is 18.2 Å². The van der Waals surface area contributed by atoms with Crippen molar-refractivity contribution in [2.45, 2.75) is 57.3 Å². The molecule has 0 aromatic heterocycles. The molecular formula is C23H27NO3. The summed E-state index contributed by atoms with van der Waals surface area (Å²) in [6.45, 7) is 2.43. The number of cyclic esters (lactones) is 1. The highest BCUT2D eigenvalue weighted by molar-refractivity contribution is 5.82. The maximum Gasteiger partial charge on any atom is 0.306 e. The van der Waals surface area contributed by atoms with Crippen LogP contribution in [0, 0.1) is 16.7 Å². The molecule has 2 saturated heterocycles. The molecule has 0 unspecified atom stereocenters. The fraction of sp³-hybridized carbons (Fsp3) is 0.652. The standard InChI is InChI=1S/C23H27NO3/c25-20-11-22(14-27-20)9-19(10-22)21(26)24-12-23(13-24)7-18(8-23)17-5-4-15-2-1-3-16(15)6-17/h4-6,18-19H,1-3,7-14H2. The van der Waals surface area contributed by atoms with Crippen molar-refractivity contribution in [2.24, 2.45) is 16.7 Å². The average molecular weight is 365 g/mol. The number of likely N-dealkylation sites (tertiary alicyclic amines) is 1. The van der Waals surface area contributed by atoms with Crippen molar-refractivity contribution in [3.8, 4) is 0 Å². The second kappa shape index (κ2) is 5.36. The van der Waals surface area contributed by atoms with Crippen LogP contribution in [-0.2, 0) is 27.2 Å². The van der Waals surface area contributed by atoms with E-state index in [1.807, 2.05) is 0 Å². The van der Waals surface area contributed by atoms with Gasteiger partial charge in [-0.3, -0.25) is 9.59 Å². The third-order valence-corrected chi connectivity index (χ3v) is 8.08. The number of carbonyl (C=O) groups is 2. The highest BCUT2D eigenvalue weighted by atomic mass is 16.5. The maximum absolute atomic E-state index is 12.7. The number of esters is 1. The lowest BCUT2D eigenvalue weighted by Gasteiger charge is -2.60. The highest BCUT2D eigenvalue weighted by Gasteiger charge is 2.58. The van der Waals surface area contributed by atoms with Crippen LogP contribution < -0.4 is 0 Å². The van der Waals surface area contributed by atoms with E-state index in [1.54, 1.807) is 11.1 Å². The molecule has 3 aliphatic carbocycles. The fourth-order valence-electron chi connectivity index (χ4n) is 6.57. The molecule has 0 N–H and O–H groups in total. The smallest absolute Gasteiger partial charge is 0.306 e. The minimum atomic E-state index is -0.0872. The summed E-state index contributed by atoms with van der Waals surface area (Å²) in [4.78, 5) is 26.2. The Hall–Kier alpha value is -1.84. The van der Waals surface area contributed by atoms with Gasteiger partial charge < -0.3 is 9.64 Å². The molecule has 2 spiro atoms. The number of aryl methyl sites for hydroxylation is 2. The fourth-order valence-corrected chi connectivity index (χ4v) is 6.57. The molecule has 2 heterocycles. The highest BCUT2D eigenvalue weighted by Crippen LogP contribution is 2.58. The first-order valence-electron chi connectivity index (χ1n) is 10.6. The van der Waals surface area contributed by atoms with E-state index in [2.05, 4.69) is 23.1 Å². The Morgan fingerprint density at radius 1 is 1.04 bits per heavy atom. The quantitative estimate of drug-likeness (QED) is 0.756. The summed E-state index contributed by atoms with van der Waals surface area (Å²) < 4.78 is 5.12. The van der Waals surface area contributed by atoms with Crippen LogP contribution in [0.4, 0.5) is 0 Å². The summed E-state index contributed by atoms with van der Waals surface area (Å²) in [6, 6.07) is 7.16. The van der Waals surface area contributed by atoms with E-state index in [0.29, 0.717) is 30.3 Å². The first kappa shape index (κ1) is 16.1. The number of benzene rings is 1. The molecule has 0 radical (unpaired) electrons. The lowest BCUT2D eigenvalue weighted by atomic mass is 9.55. The van der Waals surface area contributed by atoms with Gasteiger partial charge in [-0.15, -0.1) is 0 Å². The largest absolute Gasteiger partial charge is 0.465 e. The topological polar surface area (TPSA) is 46.6 Å². The third-order valence-electron chi connectivity index (χ3n) is 8.08. The Bertz CT molecular complexity index is 824. The second-order valence-electron chi connectivity index (χ2n) is 10.1. The van der Waals surface area contributed by atoms with Crippen molar-refractivity contribution in [3.63, 3.8) is 0 Å². The van der Waals surface area contributed by atoms with Crippen molar-refractivity contribution in [1.82, 2.24) is 4.90 Å². The molecule has 0 bridgehead atoms. The first-order chi connectivity index (χ1) is 13.0. The van der Waals surface area contributed by atoms with E-state index in [1.165, 1.54) is 37.7 Å². The number of nitrogens with zero attached hydrogens (tertiary/aromatic N) is 1. The molecule has 27 heavy (non-hydrogen) atoms. The Morgan fingerprint density at radius 3 is 2.56 bits per heavy atom. The van der Waals surface area contributed by atoms with E-state index in [9.17, 15) is 9.59 Å². The molecule has 4 heteroatoms. The van der Waals surface area contributed by atoms with Crippen LogP contribution in [0.5, 0.6) is 0 Å². The van der Waals surface area contributed by atoms with Gasteiger partial charge in [0.05, 0.1) is 13.0 Å². The van der Waals surface area contributed by atoms with Crippen molar-refractivity contribution < 1.29 is 14.3 Å². The summed E-state index contributed by atoms with van der Waals surface area (Å²) in [5.74, 6) is 1.06. The van der Waals surface area contributed by atoms with Gasteiger partial charge in [0.25, 0.3) is 0 Å². The Morgan fingerprint density at radius 2 is 1.81 bits per heavy atom. The predicted molar refractivity (Wildman–Crippen MR) is 100 cm³/mol. The molecule has 1 amide bonds. The summed E-state index contributed by atoms with van der Waals surface area (Å²) in [5.41, 5.74) is 5.05. The Kier molecular flexibility index (Phi) is 3.21. The van der Waals surface area contributed by atoms with Gasteiger partial charge in [-0.05, 0) is 67.6 Å². The number of ether oxygens (including phenoxy) is 1. The average Bonchev–Trinajstić information content (AvgIpc) is 3.16. The maximum atomic E-state index is 12.7. The van der Waals surface area contributed by atoms with Crippen LogP contribution in [0.2, 0.25) is 0 Å². The molecule has 1 aromatic rings. The zero-order chi connectivity index (χ0) is 18.2. The number of hydrogen-bond acceptors (Lipinski definition) is 3. The van der Waals surface area contributed by atoms with Gasteiger partial charge >= 0.3 is 5.97 Å². The van der Waals surface area contributed by atoms with Gasteiger partial charge in [-0.2, -0.15) is 0 Å². The third kappa shape index (κ3) is 2.41. The molecule has 6 rings (SSSR count). The van der Waals surface area contributed by atoms with E-state index in [0.717, 1.165) is 25.9 Å². The zero-order valence-corrected chi connectivity index (χ0v) is 15.8. The van der Waals surface area contributed by atoms with Crippen LogP contribution in [0.1, 0.15) is 61.1 Å². The van der Waals surface area contributed by atoms with Crippen molar-refractivity contribution in [3.05, 3.63) is 34.9 Å².